The van der Waals surface area contributed by atoms with Crippen LogP contribution in [0, 0.1) is 6.92 Å². The van der Waals surface area contributed by atoms with Gasteiger partial charge in [0.1, 0.15) is 5.69 Å². The maximum Gasteiger partial charge on any atom is 0.354 e. The number of ether oxygens (including phenoxy) is 1. The molecule has 0 saturated heterocycles. The molecule has 1 N–H and O–H groups in total. The highest BCUT2D eigenvalue weighted by Gasteiger charge is 2.18. The Hall–Kier alpha value is -1.81. The topological polar surface area (TPSA) is 45.3 Å². The van der Waals surface area contributed by atoms with Crippen molar-refractivity contribution in [1.82, 2.24) is 9.88 Å². The van der Waals surface area contributed by atoms with Gasteiger partial charge in [0.2, 0.25) is 0 Å². The summed E-state index contributed by atoms with van der Waals surface area (Å²) in [5.41, 5.74) is 3.69. The van der Waals surface area contributed by atoms with E-state index in [2.05, 4.69) is 11.1 Å². The normalized spacial score (nSPS) is 11.2. The van der Waals surface area contributed by atoms with Crippen molar-refractivity contribution in [1.29, 1.82) is 0 Å². The summed E-state index contributed by atoms with van der Waals surface area (Å²) in [6.45, 7) is 2.75. The molecule has 18 heavy (non-hydrogen) atoms. The fraction of sp³-hybridized carbons (Fsp3) is 0.357. The predicted molar refractivity (Wildman–Crippen MR) is 71.8 cm³/mol. The predicted octanol–water partition coefficient (Wildman–Crippen LogP) is 2.32. The number of aromatic nitrogens is 1. The number of esters is 1. The number of carbonyl (C=O) groups excluding carboxylic acids is 1. The zero-order chi connectivity index (χ0) is 13.3. The van der Waals surface area contributed by atoms with Crippen molar-refractivity contribution in [3.8, 4) is 0 Å². The SMILES string of the molecule is COC(=O)c1[nH]c2ccc(C)cc2c1CN(C)C. The van der Waals surface area contributed by atoms with Crippen LogP contribution in [0.2, 0.25) is 0 Å². The number of benzene rings is 1. The van der Waals surface area contributed by atoms with Crippen LogP contribution in [0.25, 0.3) is 10.9 Å². The van der Waals surface area contributed by atoms with Crippen LogP contribution in [-0.4, -0.2) is 37.1 Å². The molecule has 1 aromatic carbocycles. The number of aromatic amines is 1. The van der Waals surface area contributed by atoms with Crippen molar-refractivity contribution in [2.45, 2.75) is 13.5 Å². The highest BCUT2D eigenvalue weighted by Crippen LogP contribution is 2.25. The second-order valence-electron chi connectivity index (χ2n) is 4.76. The van der Waals surface area contributed by atoms with E-state index in [1.807, 2.05) is 38.1 Å². The number of rotatable bonds is 3. The van der Waals surface area contributed by atoms with Crippen LogP contribution >= 0.6 is 0 Å². The molecule has 0 amide bonds. The third-order valence-electron chi connectivity index (χ3n) is 2.93. The van der Waals surface area contributed by atoms with Gasteiger partial charge in [-0.3, -0.25) is 0 Å². The van der Waals surface area contributed by atoms with Crippen molar-refractivity contribution in [3.05, 3.63) is 35.0 Å². The molecule has 4 nitrogen and oxygen atoms in total. The average molecular weight is 246 g/mol. The van der Waals surface area contributed by atoms with E-state index in [1.165, 1.54) is 12.7 Å². The molecule has 0 atom stereocenters. The Morgan fingerprint density at radius 2 is 2.11 bits per heavy atom. The number of hydrogen-bond acceptors (Lipinski definition) is 3. The molecule has 2 aromatic rings. The number of nitrogens with zero attached hydrogens (tertiary/aromatic N) is 1. The minimum Gasteiger partial charge on any atom is -0.464 e. The van der Waals surface area contributed by atoms with Gasteiger partial charge in [0.15, 0.2) is 0 Å². The summed E-state index contributed by atoms with van der Waals surface area (Å²) in [4.78, 5) is 17.0. The Labute approximate surface area is 107 Å². The van der Waals surface area contributed by atoms with E-state index >= 15 is 0 Å². The van der Waals surface area contributed by atoms with Crippen LogP contribution in [0.4, 0.5) is 0 Å². The van der Waals surface area contributed by atoms with E-state index in [4.69, 9.17) is 4.74 Å². The molecule has 1 heterocycles. The highest BCUT2D eigenvalue weighted by atomic mass is 16.5. The maximum absolute atomic E-state index is 11.8. The van der Waals surface area contributed by atoms with E-state index in [0.717, 1.165) is 16.5 Å². The molecule has 0 fully saturated rings. The van der Waals surface area contributed by atoms with Gasteiger partial charge < -0.3 is 14.6 Å². The molecule has 0 bridgehead atoms. The highest BCUT2D eigenvalue weighted by molar-refractivity contribution is 5.98. The van der Waals surface area contributed by atoms with E-state index in [9.17, 15) is 4.79 Å². The first-order valence-corrected chi connectivity index (χ1v) is 5.87. The molecule has 0 aliphatic carbocycles. The zero-order valence-corrected chi connectivity index (χ0v) is 11.2. The molecule has 4 heteroatoms. The van der Waals surface area contributed by atoms with E-state index in [-0.39, 0.29) is 5.97 Å². The number of fused-ring (bicyclic) bond motifs is 1. The Morgan fingerprint density at radius 1 is 1.39 bits per heavy atom. The lowest BCUT2D eigenvalue weighted by Gasteiger charge is -2.10. The smallest absolute Gasteiger partial charge is 0.354 e. The van der Waals surface area contributed by atoms with E-state index in [0.29, 0.717) is 12.2 Å². The Bertz CT molecular complexity index is 585. The molecule has 2 rings (SSSR count). The van der Waals surface area contributed by atoms with Gasteiger partial charge in [-0.25, -0.2) is 4.79 Å². The van der Waals surface area contributed by atoms with Crippen molar-refractivity contribution in [3.63, 3.8) is 0 Å². The maximum atomic E-state index is 11.8. The molecular formula is C14H18N2O2. The van der Waals surface area contributed by atoms with Gasteiger partial charge in [0.05, 0.1) is 7.11 Å². The zero-order valence-electron chi connectivity index (χ0n) is 11.2. The molecule has 0 saturated carbocycles. The summed E-state index contributed by atoms with van der Waals surface area (Å²) in [6, 6.07) is 6.12. The third-order valence-corrected chi connectivity index (χ3v) is 2.93. The van der Waals surface area contributed by atoms with Crippen LogP contribution < -0.4 is 0 Å². The molecule has 0 radical (unpaired) electrons. The Morgan fingerprint density at radius 3 is 2.72 bits per heavy atom. The number of methoxy groups -OCH3 is 1. The Balaban J connectivity index is 2.65. The standard InChI is InChI=1S/C14H18N2O2/c1-9-5-6-12-10(7-9)11(8-16(2)3)13(15-12)14(17)18-4/h5-7,15H,8H2,1-4H3. The first kappa shape index (κ1) is 12.6. The number of hydrogen-bond donors (Lipinski definition) is 1. The molecule has 0 unspecified atom stereocenters. The Kier molecular flexibility index (Phi) is 3.39. The first-order chi connectivity index (χ1) is 8.52. The summed E-state index contributed by atoms with van der Waals surface area (Å²) < 4.78 is 4.83. The van der Waals surface area contributed by atoms with Crippen LogP contribution in [-0.2, 0) is 11.3 Å². The fourth-order valence-corrected chi connectivity index (χ4v) is 2.12. The van der Waals surface area contributed by atoms with Crippen LogP contribution in [0.1, 0.15) is 21.6 Å². The third kappa shape index (κ3) is 2.24. The monoisotopic (exact) mass is 246 g/mol. The van der Waals surface area contributed by atoms with E-state index < -0.39 is 0 Å². The molecule has 1 aromatic heterocycles. The number of aryl methyl sites for hydroxylation is 1. The van der Waals surface area contributed by atoms with Crippen molar-refractivity contribution in [2.24, 2.45) is 0 Å². The van der Waals surface area contributed by atoms with Gasteiger partial charge in [0, 0.05) is 23.0 Å². The number of carbonyl (C=O) groups is 1. The number of nitrogens with one attached hydrogen (secondary N) is 1. The van der Waals surface area contributed by atoms with Crippen LogP contribution in [0.15, 0.2) is 18.2 Å². The lowest BCUT2D eigenvalue weighted by molar-refractivity contribution is 0.0593. The molecule has 0 aliphatic rings. The molecule has 96 valence electrons. The van der Waals surface area contributed by atoms with Gasteiger partial charge in [0.25, 0.3) is 0 Å². The lowest BCUT2D eigenvalue weighted by Crippen LogP contribution is -2.14. The van der Waals surface area contributed by atoms with Crippen molar-refractivity contribution >= 4 is 16.9 Å². The molecule has 0 aliphatic heterocycles. The van der Waals surface area contributed by atoms with Gasteiger partial charge in [-0.1, -0.05) is 11.6 Å². The molecular weight excluding hydrogens is 228 g/mol. The van der Waals surface area contributed by atoms with Crippen molar-refractivity contribution < 1.29 is 9.53 Å². The second-order valence-corrected chi connectivity index (χ2v) is 4.76. The summed E-state index contributed by atoms with van der Waals surface area (Å²) >= 11 is 0. The second kappa shape index (κ2) is 4.82. The minimum absolute atomic E-state index is 0.319. The van der Waals surface area contributed by atoms with Gasteiger partial charge in [-0.15, -0.1) is 0 Å². The van der Waals surface area contributed by atoms with Gasteiger partial charge in [-0.2, -0.15) is 0 Å². The number of H-pyrrole nitrogens is 1. The first-order valence-electron chi connectivity index (χ1n) is 5.87. The van der Waals surface area contributed by atoms with Crippen LogP contribution in [0.5, 0.6) is 0 Å². The van der Waals surface area contributed by atoms with E-state index in [1.54, 1.807) is 0 Å². The van der Waals surface area contributed by atoms with Crippen molar-refractivity contribution in [2.75, 3.05) is 21.2 Å². The summed E-state index contributed by atoms with van der Waals surface area (Å²) in [5.74, 6) is -0.319. The average Bonchev–Trinajstić information content (AvgIpc) is 2.66. The van der Waals surface area contributed by atoms with Gasteiger partial charge in [-0.05, 0) is 33.2 Å². The molecule has 0 spiro atoms. The van der Waals surface area contributed by atoms with Gasteiger partial charge >= 0.3 is 5.97 Å². The quantitative estimate of drug-likeness (QED) is 0.845. The summed E-state index contributed by atoms with van der Waals surface area (Å²) in [6.07, 6.45) is 0. The largest absolute Gasteiger partial charge is 0.464 e. The summed E-state index contributed by atoms with van der Waals surface area (Å²) in [7, 11) is 5.36. The van der Waals surface area contributed by atoms with Crippen LogP contribution in [0.3, 0.4) is 0 Å². The fourth-order valence-electron chi connectivity index (χ4n) is 2.12. The lowest BCUT2D eigenvalue weighted by atomic mass is 10.1. The summed E-state index contributed by atoms with van der Waals surface area (Å²) in [5, 5.41) is 1.09. The minimum atomic E-state index is -0.319.